The minimum Gasteiger partial charge on any atom is -0.223 e. The lowest BCUT2D eigenvalue weighted by Crippen LogP contribution is -2.44. The number of sulfone groups is 1. The molecule has 0 atom stereocenters. The Kier molecular flexibility index (Phi) is 3.01. The lowest BCUT2D eigenvalue weighted by atomic mass is 9.82. The predicted octanol–water partition coefficient (Wildman–Crippen LogP) is 3.45. The minimum absolute atomic E-state index is 0.401. The van der Waals surface area contributed by atoms with E-state index >= 15 is 0 Å². The monoisotopic (exact) mass is 258 g/mol. The highest BCUT2D eigenvalue weighted by molar-refractivity contribution is 7.93. The Balaban J connectivity index is 2.42. The van der Waals surface area contributed by atoms with E-state index < -0.39 is 14.6 Å². The molecule has 1 aromatic carbocycles. The summed E-state index contributed by atoms with van der Waals surface area (Å²) in [5, 5.41) is 0.568. The normalized spacial score (nSPS) is 19.1. The maximum atomic E-state index is 12.4. The zero-order chi connectivity index (χ0) is 11.8. The van der Waals surface area contributed by atoms with Gasteiger partial charge < -0.3 is 0 Å². The van der Waals surface area contributed by atoms with Crippen LogP contribution in [0.3, 0.4) is 0 Å². The number of hydrogen-bond acceptors (Lipinski definition) is 2. The van der Waals surface area contributed by atoms with E-state index in [2.05, 4.69) is 0 Å². The maximum Gasteiger partial charge on any atom is 0.184 e. The van der Waals surface area contributed by atoms with Crippen molar-refractivity contribution in [1.29, 1.82) is 0 Å². The molecule has 4 heteroatoms. The van der Waals surface area contributed by atoms with E-state index in [1.165, 1.54) is 0 Å². The SMILES string of the molecule is CCC1(S(=O)(=O)c2ccc(Cl)cc2)CCC1. The molecule has 88 valence electrons. The third-order valence-corrected chi connectivity index (χ3v) is 6.58. The summed E-state index contributed by atoms with van der Waals surface area (Å²) in [7, 11) is -3.19. The molecule has 0 bridgehead atoms. The van der Waals surface area contributed by atoms with Crippen LogP contribution in [0.15, 0.2) is 29.2 Å². The van der Waals surface area contributed by atoms with Gasteiger partial charge >= 0.3 is 0 Å². The van der Waals surface area contributed by atoms with Gasteiger partial charge in [-0.2, -0.15) is 0 Å². The van der Waals surface area contributed by atoms with Crippen LogP contribution in [0.2, 0.25) is 5.02 Å². The summed E-state index contributed by atoms with van der Waals surface area (Å²) < 4.78 is 24.4. The Morgan fingerprint density at radius 1 is 1.25 bits per heavy atom. The van der Waals surface area contributed by atoms with Crippen molar-refractivity contribution >= 4 is 21.4 Å². The fourth-order valence-electron chi connectivity index (χ4n) is 2.25. The number of halogens is 1. The van der Waals surface area contributed by atoms with E-state index in [0.29, 0.717) is 16.3 Å². The second kappa shape index (κ2) is 4.04. The Bertz CT molecular complexity index is 467. The van der Waals surface area contributed by atoms with Gasteiger partial charge in [-0.15, -0.1) is 0 Å². The summed E-state index contributed by atoms with van der Waals surface area (Å²) in [6, 6.07) is 6.48. The lowest BCUT2D eigenvalue weighted by Gasteiger charge is -2.40. The molecule has 0 aliphatic heterocycles. The molecule has 2 nitrogen and oxygen atoms in total. The van der Waals surface area contributed by atoms with Crippen LogP contribution in [0, 0.1) is 0 Å². The van der Waals surface area contributed by atoms with E-state index in [9.17, 15) is 8.42 Å². The first kappa shape index (κ1) is 11.9. The highest BCUT2D eigenvalue weighted by atomic mass is 35.5. The first-order valence-electron chi connectivity index (χ1n) is 5.52. The van der Waals surface area contributed by atoms with Crippen LogP contribution in [0.1, 0.15) is 32.6 Å². The number of rotatable bonds is 3. The molecule has 2 rings (SSSR count). The summed E-state index contributed by atoms with van der Waals surface area (Å²) in [5.74, 6) is 0. The average molecular weight is 259 g/mol. The van der Waals surface area contributed by atoms with Crippen molar-refractivity contribution in [2.45, 2.75) is 42.2 Å². The van der Waals surface area contributed by atoms with Gasteiger partial charge in [0.1, 0.15) is 0 Å². The molecule has 1 aliphatic carbocycles. The highest BCUT2D eigenvalue weighted by Crippen LogP contribution is 2.45. The molecule has 1 aliphatic rings. The van der Waals surface area contributed by atoms with Gasteiger partial charge in [0.2, 0.25) is 0 Å². The van der Waals surface area contributed by atoms with E-state index in [1.807, 2.05) is 6.92 Å². The van der Waals surface area contributed by atoms with E-state index in [4.69, 9.17) is 11.6 Å². The highest BCUT2D eigenvalue weighted by Gasteiger charge is 2.47. The zero-order valence-corrected chi connectivity index (χ0v) is 10.8. The standard InChI is InChI=1S/C12H15ClO2S/c1-2-12(8-3-9-12)16(14,15)11-6-4-10(13)5-7-11/h4-7H,2-3,8-9H2,1H3. The van der Waals surface area contributed by atoms with Crippen LogP contribution in [-0.4, -0.2) is 13.2 Å². The van der Waals surface area contributed by atoms with Crippen LogP contribution in [0.4, 0.5) is 0 Å². The van der Waals surface area contributed by atoms with Crippen molar-refractivity contribution in [2.75, 3.05) is 0 Å². The van der Waals surface area contributed by atoms with Gasteiger partial charge in [0, 0.05) is 5.02 Å². The molecule has 1 fully saturated rings. The molecule has 0 aromatic heterocycles. The molecule has 0 amide bonds. The Morgan fingerprint density at radius 2 is 1.81 bits per heavy atom. The zero-order valence-electron chi connectivity index (χ0n) is 9.24. The smallest absolute Gasteiger partial charge is 0.184 e. The fraction of sp³-hybridized carbons (Fsp3) is 0.500. The van der Waals surface area contributed by atoms with Crippen LogP contribution in [-0.2, 0) is 9.84 Å². The Morgan fingerprint density at radius 3 is 2.19 bits per heavy atom. The molecule has 1 aromatic rings. The first-order valence-corrected chi connectivity index (χ1v) is 7.38. The van der Waals surface area contributed by atoms with Gasteiger partial charge in [0.25, 0.3) is 0 Å². The summed E-state index contributed by atoms with van der Waals surface area (Å²) in [4.78, 5) is 0.401. The van der Waals surface area contributed by atoms with Crippen LogP contribution in [0.5, 0.6) is 0 Å². The largest absolute Gasteiger partial charge is 0.223 e. The molecule has 0 radical (unpaired) electrons. The van der Waals surface area contributed by atoms with Crippen LogP contribution in [0.25, 0.3) is 0 Å². The molecule has 1 saturated carbocycles. The van der Waals surface area contributed by atoms with Crippen molar-refractivity contribution in [3.8, 4) is 0 Å². The number of hydrogen-bond donors (Lipinski definition) is 0. The Labute approximate surface area is 102 Å². The second-order valence-electron chi connectivity index (χ2n) is 4.35. The molecule has 0 saturated heterocycles. The maximum absolute atomic E-state index is 12.4. The van der Waals surface area contributed by atoms with Crippen molar-refractivity contribution in [1.82, 2.24) is 0 Å². The van der Waals surface area contributed by atoms with Crippen molar-refractivity contribution in [3.05, 3.63) is 29.3 Å². The van der Waals surface area contributed by atoms with Crippen LogP contribution >= 0.6 is 11.6 Å². The molecule has 16 heavy (non-hydrogen) atoms. The lowest BCUT2D eigenvalue weighted by molar-refractivity contribution is 0.327. The summed E-state index contributed by atoms with van der Waals surface area (Å²) in [5.41, 5.74) is 0. The summed E-state index contributed by atoms with van der Waals surface area (Å²) >= 11 is 5.76. The quantitative estimate of drug-likeness (QED) is 0.832. The molecule has 0 unspecified atom stereocenters. The predicted molar refractivity (Wildman–Crippen MR) is 65.5 cm³/mol. The van der Waals surface area contributed by atoms with Crippen molar-refractivity contribution in [3.63, 3.8) is 0 Å². The van der Waals surface area contributed by atoms with Gasteiger partial charge in [-0.1, -0.05) is 24.9 Å². The number of benzene rings is 1. The first-order chi connectivity index (χ1) is 7.52. The molecule has 0 heterocycles. The molecule has 0 spiro atoms. The van der Waals surface area contributed by atoms with Gasteiger partial charge in [0.15, 0.2) is 9.84 Å². The molecule has 0 N–H and O–H groups in total. The average Bonchev–Trinajstić information content (AvgIpc) is 2.17. The van der Waals surface area contributed by atoms with Crippen molar-refractivity contribution in [2.24, 2.45) is 0 Å². The van der Waals surface area contributed by atoms with Crippen molar-refractivity contribution < 1.29 is 8.42 Å². The minimum atomic E-state index is -3.19. The Hall–Kier alpha value is -0.540. The fourth-order valence-corrected chi connectivity index (χ4v) is 4.57. The van der Waals surface area contributed by atoms with Crippen LogP contribution < -0.4 is 0 Å². The van der Waals surface area contributed by atoms with E-state index in [1.54, 1.807) is 24.3 Å². The third kappa shape index (κ3) is 1.66. The van der Waals surface area contributed by atoms with E-state index in [-0.39, 0.29) is 0 Å². The van der Waals surface area contributed by atoms with Gasteiger partial charge in [-0.05, 0) is 43.5 Å². The second-order valence-corrected chi connectivity index (χ2v) is 7.13. The van der Waals surface area contributed by atoms with Gasteiger partial charge in [0.05, 0.1) is 9.64 Å². The molecular formula is C12H15ClO2S. The van der Waals surface area contributed by atoms with Gasteiger partial charge in [-0.25, -0.2) is 8.42 Å². The van der Waals surface area contributed by atoms with E-state index in [0.717, 1.165) is 19.3 Å². The summed E-state index contributed by atoms with van der Waals surface area (Å²) in [6.07, 6.45) is 3.28. The third-order valence-electron chi connectivity index (χ3n) is 3.60. The van der Waals surface area contributed by atoms with Gasteiger partial charge in [-0.3, -0.25) is 0 Å². The summed E-state index contributed by atoms with van der Waals surface area (Å²) in [6.45, 7) is 1.95. The topological polar surface area (TPSA) is 34.1 Å². The molecular weight excluding hydrogens is 244 g/mol.